The van der Waals surface area contributed by atoms with Crippen molar-refractivity contribution in [2.24, 2.45) is 5.92 Å². The van der Waals surface area contributed by atoms with E-state index in [0.29, 0.717) is 11.7 Å². The van der Waals surface area contributed by atoms with Gasteiger partial charge >= 0.3 is 0 Å². The van der Waals surface area contributed by atoms with E-state index in [2.05, 4.69) is 14.7 Å². The monoisotopic (exact) mass is 301 g/mol. The van der Waals surface area contributed by atoms with Gasteiger partial charge in [0, 0.05) is 18.6 Å². The topological polar surface area (TPSA) is 95.1 Å². The summed E-state index contributed by atoms with van der Waals surface area (Å²) in [4.78, 5) is 6.95. The molecule has 2 rings (SSSR count). The zero-order valence-electron chi connectivity index (χ0n) is 12.0. The number of aliphatic hydroxyl groups is 1. The van der Waals surface area contributed by atoms with Crippen LogP contribution >= 0.6 is 0 Å². The first-order valence-electron chi connectivity index (χ1n) is 7.10. The fourth-order valence-corrected chi connectivity index (χ4v) is 3.73. The lowest BCUT2D eigenvalue weighted by Crippen LogP contribution is -2.38. The number of sulfonamides is 1. The summed E-state index contributed by atoms with van der Waals surface area (Å²) in [5.41, 5.74) is 0. The zero-order chi connectivity index (χ0) is 14.8. The van der Waals surface area contributed by atoms with Crippen LogP contribution in [0.5, 0.6) is 0 Å². The molecule has 0 aliphatic heterocycles. The number of aliphatic hydroxyl groups excluding tert-OH is 1. The van der Waals surface area contributed by atoms with Crippen LogP contribution in [0, 0.1) is 5.92 Å². The molecular weight excluding hydrogens is 278 g/mol. The Hall–Kier alpha value is -0.920. The molecule has 1 aliphatic rings. The minimum absolute atomic E-state index is 0.0476. The second-order valence-electron chi connectivity index (χ2n) is 5.81. The molecule has 0 spiro atoms. The molecule has 0 saturated heterocycles. The molecule has 0 aromatic carbocycles. The quantitative estimate of drug-likeness (QED) is 0.765. The van der Waals surface area contributed by atoms with Gasteiger partial charge in [-0.3, -0.25) is 0 Å². The first kappa shape index (κ1) is 15.5. The molecule has 0 radical (unpaired) electrons. The van der Waals surface area contributed by atoms with Crippen LogP contribution in [-0.4, -0.2) is 36.1 Å². The molecular formula is C13H23N3O3S. The summed E-state index contributed by atoms with van der Waals surface area (Å²) in [6.07, 6.45) is 4.65. The zero-order valence-corrected chi connectivity index (χ0v) is 12.8. The number of aromatic nitrogens is 2. The van der Waals surface area contributed by atoms with E-state index in [0.717, 1.165) is 25.7 Å². The average molecular weight is 301 g/mol. The second kappa shape index (κ2) is 6.24. The highest BCUT2D eigenvalue weighted by Gasteiger charge is 2.26. The normalized spacial score (nSPS) is 24.2. The first-order chi connectivity index (χ1) is 9.42. The average Bonchev–Trinajstić information content (AvgIpc) is 2.90. The highest BCUT2D eigenvalue weighted by molar-refractivity contribution is 7.89. The van der Waals surface area contributed by atoms with Gasteiger partial charge < -0.3 is 10.1 Å². The van der Waals surface area contributed by atoms with Gasteiger partial charge in [0.2, 0.25) is 0 Å². The molecule has 0 unspecified atom stereocenters. The minimum Gasteiger partial charge on any atom is -0.396 e. The van der Waals surface area contributed by atoms with Gasteiger partial charge in [0.1, 0.15) is 5.82 Å². The van der Waals surface area contributed by atoms with Crippen molar-refractivity contribution in [1.29, 1.82) is 0 Å². The molecule has 1 aliphatic carbocycles. The van der Waals surface area contributed by atoms with Crippen molar-refractivity contribution >= 4 is 10.0 Å². The Kier molecular flexibility index (Phi) is 4.82. The van der Waals surface area contributed by atoms with Crippen molar-refractivity contribution in [1.82, 2.24) is 14.7 Å². The Labute approximate surface area is 120 Å². The number of nitrogens with one attached hydrogen (secondary N) is 2. The number of imidazole rings is 1. The van der Waals surface area contributed by atoms with Crippen molar-refractivity contribution in [3.63, 3.8) is 0 Å². The highest BCUT2D eigenvalue weighted by Crippen LogP contribution is 2.25. The fourth-order valence-electron chi connectivity index (χ4n) is 2.49. The Morgan fingerprint density at radius 2 is 2.05 bits per heavy atom. The van der Waals surface area contributed by atoms with Crippen molar-refractivity contribution in [2.75, 3.05) is 6.61 Å². The largest absolute Gasteiger partial charge is 0.396 e. The van der Waals surface area contributed by atoms with Crippen LogP contribution < -0.4 is 4.72 Å². The van der Waals surface area contributed by atoms with Gasteiger partial charge in [0.25, 0.3) is 10.0 Å². The van der Waals surface area contributed by atoms with Crippen LogP contribution in [0.15, 0.2) is 11.2 Å². The number of rotatable bonds is 5. The van der Waals surface area contributed by atoms with Gasteiger partial charge in [0.15, 0.2) is 5.03 Å². The third-order valence-corrected chi connectivity index (χ3v) is 5.27. The van der Waals surface area contributed by atoms with E-state index in [1.165, 1.54) is 6.20 Å². The molecule has 7 heteroatoms. The van der Waals surface area contributed by atoms with Gasteiger partial charge in [-0.25, -0.2) is 18.1 Å². The van der Waals surface area contributed by atoms with Gasteiger partial charge in [-0.05, 0) is 31.6 Å². The predicted molar refractivity (Wildman–Crippen MR) is 75.8 cm³/mol. The lowest BCUT2D eigenvalue weighted by Gasteiger charge is -2.27. The predicted octanol–water partition coefficient (Wildman–Crippen LogP) is 1.36. The second-order valence-corrected chi connectivity index (χ2v) is 7.49. The highest BCUT2D eigenvalue weighted by atomic mass is 32.2. The van der Waals surface area contributed by atoms with Crippen LogP contribution in [0.3, 0.4) is 0 Å². The van der Waals surface area contributed by atoms with Crippen LogP contribution in [0.4, 0.5) is 0 Å². The summed E-state index contributed by atoms with van der Waals surface area (Å²) in [7, 11) is -3.53. The molecule has 6 nitrogen and oxygen atoms in total. The minimum atomic E-state index is -3.53. The molecule has 20 heavy (non-hydrogen) atoms. The van der Waals surface area contributed by atoms with Crippen molar-refractivity contribution in [2.45, 2.75) is 56.5 Å². The van der Waals surface area contributed by atoms with Gasteiger partial charge in [-0.15, -0.1) is 0 Å². The Bertz CT molecular complexity index is 531. The number of H-pyrrole nitrogens is 1. The maximum absolute atomic E-state index is 12.3. The smallest absolute Gasteiger partial charge is 0.257 e. The molecule has 1 saturated carbocycles. The van der Waals surface area contributed by atoms with E-state index in [-0.39, 0.29) is 23.6 Å². The molecule has 3 N–H and O–H groups in total. The number of aromatic amines is 1. The van der Waals surface area contributed by atoms with Crippen LogP contribution in [0.2, 0.25) is 0 Å². The van der Waals surface area contributed by atoms with E-state index in [1.54, 1.807) is 0 Å². The molecule has 0 atom stereocenters. The standard InChI is InChI=1S/C13H23N3O3S/c1-9(2)13-14-7-12(15-13)20(18,19)16-11-5-3-10(8-17)4-6-11/h7,9-11,16-17H,3-6,8H2,1-2H3,(H,14,15). The number of hydrogen-bond acceptors (Lipinski definition) is 4. The van der Waals surface area contributed by atoms with Crippen molar-refractivity contribution < 1.29 is 13.5 Å². The lowest BCUT2D eigenvalue weighted by atomic mass is 9.87. The molecule has 0 amide bonds. The number of hydrogen-bond donors (Lipinski definition) is 3. The molecule has 0 bridgehead atoms. The van der Waals surface area contributed by atoms with Gasteiger partial charge in [0.05, 0.1) is 6.20 Å². The molecule has 1 fully saturated rings. The Balaban J connectivity index is 2.00. The first-order valence-corrected chi connectivity index (χ1v) is 8.58. The lowest BCUT2D eigenvalue weighted by molar-refractivity contribution is 0.180. The van der Waals surface area contributed by atoms with E-state index in [1.807, 2.05) is 13.8 Å². The summed E-state index contributed by atoms with van der Waals surface area (Å²) in [5, 5.41) is 9.22. The van der Waals surface area contributed by atoms with E-state index in [9.17, 15) is 8.42 Å². The maximum atomic E-state index is 12.3. The number of nitrogens with zero attached hydrogens (tertiary/aromatic N) is 1. The van der Waals surface area contributed by atoms with Crippen LogP contribution in [0.25, 0.3) is 0 Å². The van der Waals surface area contributed by atoms with Crippen LogP contribution in [0.1, 0.15) is 51.3 Å². The Morgan fingerprint density at radius 1 is 1.40 bits per heavy atom. The van der Waals surface area contributed by atoms with E-state index in [4.69, 9.17) is 5.11 Å². The third-order valence-electron chi connectivity index (χ3n) is 3.84. The van der Waals surface area contributed by atoms with Gasteiger partial charge in [-0.2, -0.15) is 0 Å². The summed E-state index contributed by atoms with van der Waals surface area (Å²) in [6, 6.07) is -0.0476. The molecule has 114 valence electrons. The van der Waals surface area contributed by atoms with Crippen LogP contribution in [-0.2, 0) is 10.0 Å². The maximum Gasteiger partial charge on any atom is 0.257 e. The molecule has 1 aromatic heterocycles. The summed E-state index contributed by atoms with van der Waals surface area (Å²) in [5.74, 6) is 1.16. The Morgan fingerprint density at radius 3 is 2.55 bits per heavy atom. The summed E-state index contributed by atoms with van der Waals surface area (Å²) in [6.45, 7) is 4.11. The SMILES string of the molecule is CC(C)c1ncc(S(=O)(=O)NC2CCC(CO)CC2)[nH]1. The molecule has 1 heterocycles. The third kappa shape index (κ3) is 3.59. The van der Waals surface area contributed by atoms with Gasteiger partial charge in [-0.1, -0.05) is 13.8 Å². The summed E-state index contributed by atoms with van der Waals surface area (Å²) < 4.78 is 27.2. The van der Waals surface area contributed by atoms with E-state index >= 15 is 0 Å². The van der Waals surface area contributed by atoms with E-state index < -0.39 is 10.0 Å². The fraction of sp³-hybridized carbons (Fsp3) is 0.769. The van der Waals surface area contributed by atoms with Crippen molar-refractivity contribution in [3.05, 3.63) is 12.0 Å². The van der Waals surface area contributed by atoms with Crippen molar-refractivity contribution in [3.8, 4) is 0 Å². The summed E-state index contributed by atoms with van der Waals surface area (Å²) >= 11 is 0. The molecule has 1 aromatic rings.